The van der Waals surface area contributed by atoms with Gasteiger partial charge in [0.25, 0.3) is 0 Å². The first-order chi connectivity index (χ1) is 25.6. The van der Waals surface area contributed by atoms with Crippen LogP contribution < -0.4 is 5.32 Å². The Bertz CT molecular complexity index is 1470. The molecule has 54 heavy (non-hydrogen) atoms. The smallest absolute Gasteiger partial charge is 0.347 e. The lowest BCUT2D eigenvalue weighted by Gasteiger charge is -2.25. The predicted molar refractivity (Wildman–Crippen MR) is 195 cm³/mol. The van der Waals surface area contributed by atoms with Crippen LogP contribution in [-0.2, 0) is 68.4 Å². The Labute approximate surface area is 317 Å². The molecule has 1 aromatic rings. The average Bonchev–Trinajstić information content (AvgIpc) is 3.41. The highest BCUT2D eigenvalue weighted by Crippen LogP contribution is 2.41. The third-order valence-corrected chi connectivity index (χ3v) is 8.52. The van der Waals surface area contributed by atoms with E-state index in [1.165, 1.54) is 41.5 Å². The third kappa shape index (κ3) is 16.8. The van der Waals surface area contributed by atoms with Gasteiger partial charge in [-0.3, -0.25) is 19.2 Å². The maximum absolute atomic E-state index is 13.1. The highest BCUT2D eigenvalue weighted by atomic mass is 16.6. The Hall–Kier alpha value is -5.01. The van der Waals surface area contributed by atoms with Crippen molar-refractivity contribution >= 4 is 41.7 Å². The van der Waals surface area contributed by atoms with Gasteiger partial charge < -0.3 is 33.7 Å². The van der Waals surface area contributed by atoms with Gasteiger partial charge in [-0.2, -0.15) is 0 Å². The summed E-state index contributed by atoms with van der Waals surface area (Å²) in [5, 5.41) is 2.76. The van der Waals surface area contributed by atoms with E-state index in [0.717, 1.165) is 5.56 Å². The van der Waals surface area contributed by atoms with Crippen LogP contribution >= 0.6 is 0 Å². The summed E-state index contributed by atoms with van der Waals surface area (Å²) in [6.45, 7) is 10.1. The highest BCUT2D eigenvalue weighted by molar-refractivity contribution is 5.80. The normalized spacial score (nSPS) is 20.3. The lowest BCUT2D eigenvalue weighted by molar-refractivity contribution is -0.172. The Balaban J connectivity index is 2.49. The molecular formula is C40H55NO13. The second kappa shape index (κ2) is 23.6. The van der Waals surface area contributed by atoms with Crippen LogP contribution in [0.5, 0.6) is 0 Å². The van der Waals surface area contributed by atoms with E-state index in [4.69, 9.17) is 28.4 Å². The molecule has 1 amide bonds. The number of ether oxygens (including phenoxy) is 6. The molecule has 2 rings (SSSR count). The molecule has 0 unspecified atom stereocenters. The van der Waals surface area contributed by atoms with Crippen molar-refractivity contribution in [2.75, 3.05) is 6.54 Å². The van der Waals surface area contributed by atoms with Crippen LogP contribution in [0.3, 0.4) is 0 Å². The summed E-state index contributed by atoms with van der Waals surface area (Å²) in [7, 11) is 0. The Morgan fingerprint density at radius 3 is 1.87 bits per heavy atom. The van der Waals surface area contributed by atoms with Crippen LogP contribution in [-0.4, -0.2) is 84.9 Å². The van der Waals surface area contributed by atoms with E-state index in [2.05, 4.69) is 5.32 Å². The Morgan fingerprint density at radius 2 is 1.31 bits per heavy atom. The largest absolute Gasteiger partial charge is 0.459 e. The molecule has 0 spiro atoms. The first-order valence-electron chi connectivity index (χ1n) is 18.4. The number of unbranched alkanes of at least 4 members (excludes halogenated alkanes) is 1. The summed E-state index contributed by atoms with van der Waals surface area (Å²) in [5.74, 6) is -5.46. The van der Waals surface area contributed by atoms with Gasteiger partial charge in [-0.25, -0.2) is 14.4 Å². The summed E-state index contributed by atoms with van der Waals surface area (Å²) >= 11 is 0. The first-order valence-corrected chi connectivity index (χ1v) is 18.4. The van der Waals surface area contributed by atoms with Crippen LogP contribution in [0.15, 0.2) is 54.6 Å². The summed E-state index contributed by atoms with van der Waals surface area (Å²) in [4.78, 5) is 85.8. The van der Waals surface area contributed by atoms with Crippen molar-refractivity contribution in [3.63, 3.8) is 0 Å². The van der Waals surface area contributed by atoms with Crippen LogP contribution in [0.4, 0.5) is 0 Å². The quantitative estimate of drug-likeness (QED) is 0.0791. The van der Waals surface area contributed by atoms with Gasteiger partial charge in [-0.05, 0) is 71.4 Å². The van der Waals surface area contributed by atoms with Crippen LogP contribution in [0.1, 0.15) is 92.6 Å². The fraction of sp³-hybridized carbons (Fsp3) is 0.575. The van der Waals surface area contributed by atoms with Gasteiger partial charge in [-0.15, -0.1) is 0 Å². The van der Waals surface area contributed by atoms with E-state index in [9.17, 15) is 33.6 Å². The van der Waals surface area contributed by atoms with Crippen molar-refractivity contribution in [2.24, 2.45) is 11.8 Å². The third-order valence-electron chi connectivity index (χ3n) is 8.52. The number of nitrogens with one attached hydrogen (secondary N) is 1. The van der Waals surface area contributed by atoms with E-state index in [1.807, 2.05) is 49.4 Å². The molecule has 8 atom stereocenters. The Kier molecular flexibility index (Phi) is 19.7. The summed E-state index contributed by atoms with van der Waals surface area (Å²) in [6, 6.07) is 9.56. The maximum Gasteiger partial charge on any atom is 0.347 e. The van der Waals surface area contributed by atoms with Gasteiger partial charge in [0.05, 0.1) is 0 Å². The van der Waals surface area contributed by atoms with Gasteiger partial charge >= 0.3 is 35.8 Å². The number of esters is 6. The SMILES string of the molecule is CCNC(=O)CCC/C=C\C[C@@H]1[C@@H](/C=C/[C@H](CCc2ccccc2)OC(=O)[C@H](C)OC(C)=O)[C@H](OC(=O)[C@H](C)OC(C)=O)C[C@@H]1OC(=O)[C@H](C)OC(C)=O. The zero-order valence-corrected chi connectivity index (χ0v) is 32.3. The van der Waals surface area contributed by atoms with E-state index < -0.39 is 84.3 Å². The van der Waals surface area contributed by atoms with E-state index >= 15 is 0 Å². The average molecular weight is 758 g/mol. The molecule has 1 aliphatic rings. The number of carbonyl (C=O) groups excluding carboxylic acids is 7. The fourth-order valence-electron chi connectivity index (χ4n) is 5.99. The number of amides is 1. The number of hydrogen-bond donors (Lipinski definition) is 1. The van der Waals surface area contributed by atoms with E-state index in [0.29, 0.717) is 45.1 Å². The Morgan fingerprint density at radius 1 is 0.759 bits per heavy atom. The number of carbonyl (C=O) groups is 7. The van der Waals surface area contributed by atoms with E-state index in [1.54, 1.807) is 12.2 Å². The zero-order chi connectivity index (χ0) is 40.2. The van der Waals surface area contributed by atoms with Gasteiger partial charge in [0, 0.05) is 52.0 Å². The lowest BCUT2D eigenvalue weighted by Crippen LogP contribution is -2.32. The standard InChI is InChI=1S/C40H55NO13/c1-8-41-37(45)19-15-10-9-14-18-33-34(23-22-32(21-20-31-16-12-11-13-17-31)52-38(46)25(2)49-28(5)42)36(54-40(48)27(4)51-30(7)44)24-35(33)53-39(47)26(3)50-29(6)43/h9,11-14,16-17,22-23,25-27,32-36H,8,10,15,18-21,24H2,1-7H3,(H,41,45)/b14-9-,23-22+/t25-,26-,27-,32-,33+,34+,35-,36+/m0/s1. The molecule has 14 nitrogen and oxygen atoms in total. The fourth-order valence-corrected chi connectivity index (χ4v) is 5.99. The number of aryl methyl sites for hydroxylation is 1. The molecule has 1 fully saturated rings. The molecule has 1 saturated carbocycles. The first kappa shape index (κ1) is 45.1. The minimum absolute atomic E-state index is 0.0434. The van der Waals surface area contributed by atoms with Gasteiger partial charge in [0.2, 0.25) is 5.91 Å². The molecule has 0 radical (unpaired) electrons. The molecule has 0 aromatic heterocycles. The second-order valence-corrected chi connectivity index (χ2v) is 13.1. The molecule has 0 aliphatic heterocycles. The molecule has 1 aromatic carbocycles. The zero-order valence-electron chi connectivity index (χ0n) is 32.3. The number of allylic oxidation sites excluding steroid dienone is 2. The molecule has 14 heteroatoms. The maximum atomic E-state index is 13.1. The topological polar surface area (TPSA) is 187 Å². The van der Waals surface area contributed by atoms with Crippen molar-refractivity contribution < 1.29 is 62.0 Å². The van der Waals surface area contributed by atoms with Gasteiger partial charge in [-0.1, -0.05) is 48.6 Å². The van der Waals surface area contributed by atoms with Crippen molar-refractivity contribution in [2.45, 2.75) is 130 Å². The number of benzene rings is 1. The highest BCUT2D eigenvalue weighted by Gasteiger charge is 2.46. The minimum Gasteiger partial charge on any atom is -0.459 e. The van der Waals surface area contributed by atoms with Crippen molar-refractivity contribution in [3.8, 4) is 0 Å². The second-order valence-electron chi connectivity index (χ2n) is 13.1. The van der Waals surface area contributed by atoms with Crippen molar-refractivity contribution in [1.29, 1.82) is 0 Å². The molecule has 0 heterocycles. The summed E-state index contributed by atoms with van der Waals surface area (Å²) < 4.78 is 32.7. The van der Waals surface area contributed by atoms with Gasteiger partial charge in [0.1, 0.15) is 18.3 Å². The summed E-state index contributed by atoms with van der Waals surface area (Å²) in [5.41, 5.74) is 0.996. The van der Waals surface area contributed by atoms with Crippen molar-refractivity contribution in [3.05, 3.63) is 60.2 Å². The lowest BCUT2D eigenvalue weighted by atomic mass is 9.89. The van der Waals surface area contributed by atoms with Crippen LogP contribution in [0.2, 0.25) is 0 Å². The summed E-state index contributed by atoms with van der Waals surface area (Å²) in [6.07, 6.45) is 4.05. The van der Waals surface area contributed by atoms with Crippen molar-refractivity contribution in [1.82, 2.24) is 5.32 Å². The number of rotatable bonds is 21. The van der Waals surface area contributed by atoms with Gasteiger partial charge in [0.15, 0.2) is 18.3 Å². The van der Waals surface area contributed by atoms with Crippen LogP contribution in [0.25, 0.3) is 0 Å². The van der Waals surface area contributed by atoms with E-state index in [-0.39, 0.29) is 12.3 Å². The molecule has 1 aliphatic carbocycles. The monoisotopic (exact) mass is 757 g/mol. The van der Waals surface area contributed by atoms with Crippen LogP contribution in [0, 0.1) is 11.8 Å². The predicted octanol–water partition coefficient (Wildman–Crippen LogP) is 4.65. The molecule has 0 bridgehead atoms. The minimum atomic E-state index is -1.22. The molecular weight excluding hydrogens is 702 g/mol. The number of hydrogen-bond acceptors (Lipinski definition) is 13. The molecule has 0 saturated heterocycles. The molecule has 298 valence electrons. The molecule has 1 N–H and O–H groups in total.